The van der Waals surface area contributed by atoms with Crippen LogP contribution in [-0.4, -0.2) is 0 Å². The van der Waals surface area contributed by atoms with E-state index in [0.717, 1.165) is 24.3 Å². The maximum absolute atomic E-state index is 13.1. The minimum atomic E-state index is -0.741. The molecule has 0 spiro atoms. The second-order valence-electron chi connectivity index (χ2n) is 5.56. The van der Waals surface area contributed by atoms with Gasteiger partial charge < -0.3 is 0 Å². The third-order valence-electron chi connectivity index (χ3n) is 4.12. The van der Waals surface area contributed by atoms with Gasteiger partial charge in [0.05, 0.1) is 0 Å². The van der Waals surface area contributed by atoms with Crippen LogP contribution in [0.15, 0.2) is 18.2 Å². The average Bonchev–Trinajstić information content (AvgIpc) is 2.31. The fourth-order valence-electron chi connectivity index (χ4n) is 2.87. The summed E-state index contributed by atoms with van der Waals surface area (Å²) in [5.41, 5.74) is 0.971. The van der Waals surface area contributed by atoms with E-state index in [1.807, 2.05) is 0 Å². The molecule has 0 aromatic heterocycles. The van der Waals surface area contributed by atoms with E-state index in [4.69, 9.17) is 0 Å². The van der Waals surface area contributed by atoms with Gasteiger partial charge in [0.2, 0.25) is 0 Å². The van der Waals surface area contributed by atoms with E-state index >= 15 is 0 Å². The molecule has 18 heavy (non-hydrogen) atoms. The summed E-state index contributed by atoms with van der Waals surface area (Å²) in [5, 5.41) is 0. The van der Waals surface area contributed by atoms with E-state index < -0.39 is 11.6 Å². The first-order valence-electron chi connectivity index (χ1n) is 7.15. The van der Waals surface area contributed by atoms with E-state index in [-0.39, 0.29) is 0 Å². The maximum Gasteiger partial charge on any atom is 0.159 e. The van der Waals surface area contributed by atoms with Crippen molar-refractivity contribution in [1.82, 2.24) is 0 Å². The van der Waals surface area contributed by atoms with Crippen LogP contribution in [0, 0.1) is 17.6 Å². The molecule has 0 amide bonds. The quantitative estimate of drug-likeness (QED) is 0.592. The van der Waals surface area contributed by atoms with Crippen LogP contribution in [-0.2, 0) is 0 Å². The lowest BCUT2D eigenvalue weighted by atomic mass is 9.69. The lowest BCUT2D eigenvalue weighted by molar-refractivity contribution is 0.240. The molecule has 0 unspecified atom stereocenters. The van der Waals surface area contributed by atoms with E-state index in [1.54, 1.807) is 6.07 Å². The van der Waals surface area contributed by atoms with Crippen LogP contribution in [0.25, 0.3) is 0 Å². The largest absolute Gasteiger partial charge is 0.204 e. The molecule has 2 rings (SSSR count). The second kappa shape index (κ2) is 6.31. The standard InChI is InChI=1S/C16H22F2/c1-2-3-4-5-6-12-9-14(10-12)13-7-8-15(17)16(18)11-13/h7-8,11-12,14H,2-6,9-10H2,1H3. The van der Waals surface area contributed by atoms with Gasteiger partial charge in [-0.1, -0.05) is 45.1 Å². The van der Waals surface area contributed by atoms with Gasteiger partial charge in [-0.05, 0) is 42.4 Å². The predicted molar refractivity (Wildman–Crippen MR) is 70.6 cm³/mol. The molecule has 0 atom stereocenters. The molecule has 2 heteroatoms. The number of unbranched alkanes of at least 4 members (excludes halogenated alkanes) is 3. The molecule has 1 aliphatic carbocycles. The molecule has 0 bridgehead atoms. The monoisotopic (exact) mass is 252 g/mol. The van der Waals surface area contributed by atoms with Crippen molar-refractivity contribution in [1.29, 1.82) is 0 Å². The Morgan fingerprint density at radius 3 is 2.50 bits per heavy atom. The molecule has 1 aromatic rings. The van der Waals surface area contributed by atoms with Crippen molar-refractivity contribution >= 4 is 0 Å². The number of rotatable bonds is 6. The van der Waals surface area contributed by atoms with Crippen LogP contribution in [0.2, 0.25) is 0 Å². The van der Waals surface area contributed by atoms with E-state index in [0.29, 0.717) is 5.92 Å². The fourth-order valence-corrected chi connectivity index (χ4v) is 2.87. The lowest BCUT2D eigenvalue weighted by Crippen LogP contribution is -2.22. The zero-order chi connectivity index (χ0) is 13.0. The zero-order valence-electron chi connectivity index (χ0n) is 11.1. The third-order valence-corrected chi connectivity index (χ3v) is 4.12. The van der Waals surface area contributed by atoms with E-state index in [1.165, 1.54) is 44.2 Å². The van der Waals surface area contributed by atoms with Crippen molar-refractivity contribution in [3.05, 3.63) is 35.4 Å². The fraction of sp³-hybridized carbons (Fsp3) is 0.625. The summed E-state index contributed by atoms with van der Waals surface area (Å²) in [6.45, 7) is 2.22. The van der Waals surface area contributed by atoms with Gasteiger partial charge in [0.1, 0.15) is 0 Å². The molecule has 1 saturated carbocycles. The highest BCUT2D eigenvalue weighted by Gasteiger charge is 2.29. The van der Waals surface area contributed by atoms with Gasteiger partial charge in [-0.3, -0.25) is 0 Å². The van der Waals surface area contributed by atoms with Crippen LogP contribution in [0.5, 0.6) is 0 Å². The first-order chi connectivity index (χ1) is 8.70. The van der Waals surface area contributed by atoms with Gasteiger partial charge in [0, 0.05) is 0 Å². The van der Waals surface area contributed by atoms with Crippen LogP contribution < -0.4 is 0 Å². The highest BCUT2D eigenvalue weighted by molar-refractivity contribution is 5.23. The number of benzene rings is 1. The average molecular weight is 252 g/mol. The highest BCUT2D eigenvalue weighted by Crippen LogP contribution is 2.44. The number of hydrogen-bond acceptors (Lipinski definition) is 0. The molecule has 0 saturated heterocycles. The Bertz CT molecular complexity index is 381. The normalized spacial score (nSPS) is 22.8. The van der Waals surface area contributed by atoms with Crippen molar-refractivity contribution in [2.45, 2.75) is 57.8 Å². The third kappa shape index (κ3) is 3.30. The summed E-state index contributed by atoms with van der Waals surface area (Å²) in [6, 6.07) is 4.35. The van der Waals surface area contributed by atoms with E-state index in [9.17, 15) is 8.78 Å². The van der Waals surface area contributed by atoms with E-state index in [2.05, 4.69) is 6.92 Å². The first-order valence-corrected chi connectivity index (χ1v) is 7.15. The van der Waals surface area contributed by atoms with Crippen LogP contribution in [0.4, 0.5) is 8.78 Å². The van der Waals surface area contributed by atoms with Crippen LogP contribution in [0.3, 0.4) is 0 Å². The molecular weight excluding hydrogens is 230 g/mol. The molecule has 0 nitrogen and oxygen atoms in total. The Balaban J connectivity index is 1.73. The highest BCUT2D eigenvalue weighted by atomic mass is 19.2. The van der Waals surface area contributed by atoms with Crippen molar-refractivity contribution in [2.75, 3.05) is 0 Å². The molecule has 0 N–H and O–H groups in total. The lowest BCUT2D eigenvalue weighted by Gasteiger charge is -2.36. The Labute approximate surface area is 108 Å². The Kier molecular flexibility index (Phi) is 4.73. The molecule has 1 fully saturated rings. The van der Waals surface area contributed by atoms with Crippen LogP contribution >= 0.6 is 0 Å². The Hall–Kier alpha value is -0.920. The Morgan fingerprint density at radius 2 is 1.83 bits per heavy atom. The van der Waals surface area contributed by atoms with Crippen LogP contribution in [0.1, 0.15) is 63.4 Å². The summed E-state index contributed by atoms with van der Waals surface area (Å²) in [7, 11) is 0. The summed E-state index contributed by atoms with van der Waals surface area (Å²) >= 11 is 0. The van der Waals surface area contributed by atoms with Gasteiger partial charge in [-0.2, -0.15) is 0 Å². The number of halogens is 2. The van der Waals surface area contributed by atoms with Gasteiger partial charge in [0.15, 0.2) is 11.6 Å². The van der Waals surface area contributed by atoms with Gasteiger partial charge >= 0.3 is 0 Å². The molecule has 0 aliphatic heterocycles. The molecule has 1 aliphatic rings. The summed E-state index contributed by atoms with van der Waals surface area (Å²) < 4.78 is 25.9. The molecule has 1 aromatic carbocycles. The Morgan fingerprint density at radius 1 is 1.06 bits per heavy atom. The second-order valence-corrected chi connectivity index (χ2v) is 5.56. The van der Waals surface area contributed by atoms with Crippen molar-refractivity contribution in [3.8, 4) is 0 Å². The minimum Gasteiger partial charge on any atom is -0.204 e. The summed E-state index contributed by atoms with van der Waals surface area (Å²) in [5.74, 6) is -0.190. The van der Waals surface area contributed by atoms with Gasteiger partial charge in [-0.15, -0.1) is 0 Å². The van der Waals surface area contributed by atoms with Crippen molar-refractivity contribution in [2.24, 2.45) is 5.92 Å². The first kappa shape index (κ1) is 13.5. The molecular formula is C16H22F2. The smallest absolute Gasteiger partial charge is 0.159 e. The summed E-state index contributed by atoms with van der Waals surface area (Å²) in [4.78, 5) is 0. The zero-order valence-corrected chi connectivity index (χ0v) is 11.1. The maximum atomic E-state index is 13.1. The molecule has 0 radical (unpaired) electrons. The summed E-state index contributed by atoms with van der Waals surface area (Å²) in [6.07, 6.45) is 8.88. The minimum absolute atomic E-state index is 0.455. The molecule has 100 valence electrons. The van der Waals surface area contributed by atoms with Crippen molar-refractivity contribution in [3.63, 3.8) is 0 Å². The van der Waals surface area contributed by atoms with Gasteiger partial charge in [0.25, 0.3) is 0 Å². The molecule has 0 heterocycles. The topological polar surface area (TPSA) is 0 Å². The predicted octanol–water partition coefficient (Wildman–Crippen LogP) is 5.43. The number of hydrogen-bond donors (Lipinski definition) is 0. The van der Waals surface area contributed by atoms with Crippen molar-refractivity contribution < 1.29 is 8.78 Å². The SMILES string of the molecule is CCCCCCC1CC(c2ccc(F)c(F)c2)C1. The van der Waals surface area contributed by atoms with Gasteiger partial charge in [-0.25, -0.2) is 8.78 Å².